The van der Waals surface area contributed by atoms with Gasteiger partial charge in [0.05, 0.1) is 6.61 Å². The van der Waals surface area contributed by atoms with Crippen LogP contribution in [0.3, 0.4) is 0 Å². The molecule has 0 saturated heterocycles. The molecule has 110 valence electrons. The maximum atomic E-state index is 13.3. The number of rotatable bonds is 6. The van der Waals surface area contributed by atoms with Crippen LogP contribution in [0.5, 0.6) is 0 Å². The number of hydrogen-bond donors (Lipinski definition) is 1. The first-order valence-electron chi connectivity index (χ1n) is 6.69. The molecule has 0 aliphatic rings. The predicted molar refractivity (Wildman–Crippen MR) is 77.8 cm³/mol. The molecule has 1 rings (SSSR count). The Balaban J connectivity index is 2.93. The Morgan fingerprint density at radius 2 is 2.15 bits per heavy atom. The van der Waals surface area contributed by atoms with Gasteiger partial charge in [-0.05, 0) is 31.5 Å². The van der Waals surface area contributed by atoms with Gasteiger partial charge in [-0.3, -0.25) is 4.90 Å². The molecule has 0 unspecified atom stereocenters. The summed E-state index contributed by atoms with van der Waals surface area (Å²) in [5.41, 5.74) is 1.58. The van der Waals surface area contributed by atoms with E-state index < -0.39 is 0 Å². The lowest BCUT2D eigenvalue weighted by Crippen LogP contribution is -2.33. The summed E-state index contributed by atoms with van der Waals surface area (Å²) in [4.78, 5) is 2.24. The van der Waals surface area contributed by atoms with Gasteiger partial charge in [0.25, 0.3) is 0 Å². The van der Waals surface area contributed by atoms with E-state index >= 15 is 0 Å². The van der Waals surface area contributed by atoms with Gasteiger partial charge in [0.1, 0.15) is 12.4 Å². The molecule has 1 aromatic rings. The van der Waals surface area contributed by atoms with E-state index in [2.05, 4.69) is 30.6 Å². The fourth-order valence-corrected chi connectivity index (χ4v) is 1.88. The fourth-order valence-electron chi connectivity index (χ4n) is 1.88. The number of benzene rings is 1. The van der Waals surface area contributed by atoms with E-state index in [0.717, 1.165) is 12.1 Å². The number of methoxy groups -OCH3 is 1. The van der Waals surface area contributed by atoms with Gasteiger partial charge in [0, 0.05) is 31.8 Å². The minimum absolute atomic E-state index is 0.229. The Hall–Kier alpha value is -1.41. The van der Waals surface area contributed by atoms with Crippen LogP contribution in [0, 0.1) is 17.7 Å². The smallest absolute Gasteiger partial charge is 0.124 e. The standard InChI is InChI=1S/C16H22FNO2/c1-13(2)18(8-10-20-3)12-15-6-7-16(17)11-14(15)5-4-9-19/h6-7,11,13,19H,8-10,12H2,1-3H3. The Labute approximate surface area is 120 Å². The van der Waals surface area contributed by atoms with Crippen molar-refractivity contribution in [3.63, 3.8) is 0 Å². The number of aliphatic hydroxyl groups excluding tert-OH is 1. The maximum Gasteiger partial charge on any atom is 0.124 e. The Kier molecular flexibility index (Phi) is 7.24. The number of aliphatic hydroxyl groups is 1. The van der Waals surface area contributed by atoms with E-state index in [-0.39, 0.29) is 12.4 Å². The van der Waals surface area contributed by atoms with Crippen molar-refractivity contribution in [1.29, 1.82) is 0 Å². The van der Waals surface area contributed by atoms with Crippen molar-refractivity contribution in [2.45, 2.75) is 26.4 Å². The third-order valence-electron chi connectivity index (χ3n) is 3.06. The summed E-state index contributed by atoms with van der Waals surface area (Å²) >= 11 is 0. The van der Waals surface area contributed by atoms with Crippen molar-refractivity contribution < 1.29 is 14.2 Å². The summed E-state index contributed by atoms with van der Waals surface area (Å²) in [7, 11) is 1.68. The number of nitrogens with zero attached hydrogens (tertiary/aromatic N) is 1. The SMILES string of the molecule is COCCN(Cc1ccc(F)cc1C#CCO)C(C)C. The van der Waals surface area contributed by atoms with Crippen LogP contribution < -0.4 is 0 Å². The van der Waals surface area contributed by atoms with Crippen LogP contribution in [-0.2, 0) is 11.3 Å². The molecule has 0 radical (unpaired) electrons. The van der Waals surface area contributed by atoms with Crippen molar-refractivity contribution in [3.8, 4) is 11.8 Å². The first kappa shape index (κ1) is 16.6. The summed E-state index contributed by atoms with van der Waals surface area (Å²) in [6, 6.07) is 4.95. The fraction of sp³-hybridized carbons (Fsp3) is 0.500. The topological polar surface area (TPSA) is 32.7 Å². The lowest BCUT2D eigenvalue weighted by molar-refractivity contribution is 0.125. The van der Waals surface area contributed by atoms with Crippen molar-refractivity contribution in [2.75, 3.05) is 26.9 Å². The zero-order valence-electron chi connectivity index (χ0n) is 12.3. The molecule has 0 aromatic heterocycles. The first-order chi connectivity index (χ1) is 9.58. The summed E-state index contributed by atoms with van der Waals surface area (Å²) in [6.07, 6.45) is 0. The molecule has 3 nitrogen and oxygen atoms in total. The lowest BCUT2D eigenvalue weighted by atomic mass is 10.1. The van der Waals surface area contributed by atoms with E-state index in [0.29, 0.717) is 24.8 Å². The molecular formula is C16H22FNO2. The largest absolute Gasteiger partial charge is 0.384 e. The molecule has 4 heteroatoms. The summed E-state index contributed by atoms with van der Waals surface area (Å²) in [6.45, 7) is 6.12. The van der Waals surface area contributed by atoms with Gasteiger partial charge in [-0.2, -0.15) is 0 Å². The summed E-state index contributed by atoms with van der Waals surface area (Å²) < 4.78 is 18.4. The zero-order chi connectivity index (χ0) is 15.0. The van der Waals surface area contributed by atoms with Gasteiger partial charge in [0.2, 0.25) is 0 Å². The van der Waals surface area contributed by atoms with Gasteiger partial charge in [-0.1, -0.05) is 17.9 Å². The second kappa shape index (κ2) is 8.70. The van der Waals surface area contributed by atoms with Crippen LogP contribution in [0.1, 0.15) is 25.0 Å². The molecule has 0 atom stereocenters. The Morgan fingerprint density at radius 3 is 2.75 bits per heavy atom. The summed E-state index contributed by atoms with van der Waals surface area (Å²) in [5, 5.41) is 8.78. The van der Waals surface area contributed by atoms with Crippen molar-refractivity contribution in [3.05, 3.63) is 35.1 Å². The lowest BCUT2D eigenvalue weighted by Gasteiger charge is -2.26. The van der Waals surface area contributed by atoms with Gasteiger partial charge < -0.3 is 9.84 Å². The quantitative estimate of drug-likeness (QED) is 0.809. The van der Waals surface area contributed by atoms with Crippen LogP contribution in [0.2, 0.25) is 0 Å². The highest BCUT2D eigenvalue weighted by Gasteiger charge is 2.12. The molecule has 0 aliphatic carbocycles. The second-order valence-electron chi connectivity index (χ2n) is 4.82. The van der Waals surface area contributed by atoms with Crippen molar-refractivity contribution >= 4 is 0 Å². The van der Waals surface area contributed by atoms with Crippen LogP contribution in [0.25, 0.3) is 0 Å². The minimum Gasteiger partial charge on any atom is -0.384 e. The highest BCUT2D eigenvalue weighted by atomic mass is 19.1. The highest BCUT2D eigenvalue weighted by Crippen LogP contribution is 2.14. The van der Waals surface area contributed by atoms with Crippen LogP contribution >= 0.6 is 0 Å². The Bertz CT molecular complexity index is 477. The zero-order valence-corrected chi connectivity index (χ0v) is 12.3. The van der Waals surface area contributed by atoms with Gasteiger partial charge in [0.15, 0.2) is 0 Å². The molecule has 20 heavy (non-hydrogen) atoms. The third-order valence-corrected chi connectivity index (χ3v) is 3.06. The van der Waals surface area contributed by atoms with Gasteiger partial charge in [-0.15, -0.1) is 0 Å². The number of ether oxygens (including phenoxy) is 1. The van der Waals surface area contributed by atoms with Crippen molar-refractivity contribution in [1.82, 2.24) is 4.90 Å². The monoisotopic (exact) mass is 279 g/mol. The molecule has 0 spiro atoms. The highest BCUT2D eigenvalue weighted by molar-refractivity contribution is 5.41. The average Bonchev–Trinajstić information content (AvgIpc) is 2.42. The third kappa shape index (κ3) is 5.30. The van der Waals surface area contributed by atoms with E-state index in [1.807, 2.05) is 0 Å². The second-order valence-corrected chi connectivity index (χ2v) is 4.82. The molecule has 1 aromatic carbocycles. The van der Waals surface area contributed by atoms with Crippen LogP contribution in [0.4, 0.5) is 4.39 Å². The van der Waals surface area contributed by atoms with Crippen molar-refractivity contribution in [2.24, 2.45) is 0 Å². The Morgan fingerprint density at radius 1 is 1.40 bits per heavy atom. The van der Waals surface area contributed by atoms with Crippen LogP contribution in [0.15, 0.2) is 18.2 Å². The molecule has 0 amide bonds. The van der Waals surface area contributed by atoms with E-state index in [9.17, 15) is 4.39 Å². The average molecular weight is 279 g/mol. The predicted octanol–water partition coefficient (Wildman–Crippen LogP) is 2.03. The molecular weight excluding hydrogens is 257 g/mol. The maximum absolute atomic E-state index is 13.3. The number of halogens is 1. The molecule has 0 saturated carbocycles. The summed E-state index contributed by atoms with van der Waals surface area (Å²) in [5.74, 6) is 5.06. The van der Waals surface area contributed by atoms with Gasteiger partial charge in [-0.25, -0.2) is 4.39 Å². The molecule has 0 bridgehead atoms. The minimum atomic E-state index is -0.316. The van der Waals surface area contributed by atoms with E-state index in [1.165, 1.54) is 12.1 Å². The van der Waals surface area contributed by atoms with E-state index in [4.69, 9.17) is 9.84 Å². The van der Waals surface area contributed by atoms with E-state index in [1.54, 1.807) is 13.2 Å². The van der Waals surface area contributed by atoms with Gasteiger partial charge >= 0.3 is 0 Å². The first-order valence-corrected chi connectivity index (χ1v) is 6.69. The molecule has 0 fully saturated rings. The molecule has 1 N–H and O–H groups in total. The molecule has 0 aliphatic heterocycles. The van der Waals surface area contributed by atoms with Crippen LogP contribution in [-0.4, -0.2) is 42.9 Å². The number of hydrogen-bond acceptors (Lipinski definition) is 3. The normalized spacial score (nSPS) is 10.8. The molecule has 0 heterocycles.